The van der Waals surface area contributed by atoms with E-state index in [-0.39, 0.29) is 10.8 Å². The van der Waals surface area contributed by atoms with Gasteiger partial charge < -0.3 is 5.32 Å². The highest BCUT2D eigenvalue weighted by Gasteiger charge is 2.59. The van der Waals surface area contributed by atoms with Crippen LogP contribution in [0, 0.1) is 44.2 Å². The minimum absolute atomic E-state index is 0.378. The first kappa shape index (κ1) is 17.5. The lowest BCUT2D eigenvalue weighted by Crippen LogP contribution is -2.77. The van der Waals surface area contributed by atoms with E-state index in [0.29, 0.717) is 26.2 Å². The van der Waals surface area contributed by atoms with Gasteiger partial charge in [0.05, 0.1) is 11.6 Å². The zero-order valence-electron chi connectivity index (χ0n) is 14.3. The van der Waals surface area contributed by atoms with E-state index in [1.807, 2.05) is 13.8 Å². The number of hydrogen-bond acceptors (Lipinski definition) is 5. The highest BCUT2D eigenvalue weighted by molar-refractivity contribution is 5.55. The van der Waals surface area contributed by atoms with Gasteiger partial charge in [0.1, 0.15) is 5.69 Å². The molecule has 1 aromatic carbocycles. The summed E-state index contributed by atoms with van der Waals surface area (Å²) in [5, 5.41) is 13.4. The first-order chi connectivity index (χ1) is 12.1. The van der Waals surface area contributed by atoms with Crippen LogP contribution in [0.2, 0.25) is 0 Å². The third-order valence-electron chi connectivity index (χ3n) is 5.84. The summed E-state index contributed by atoms with van der Waals surface area (Å²) in [6, 6.07) is -0.438. The van der Waals surface area contributed by atoms with E-state index in [0.717, 1.165) is 6.67 Å². The van der Waals surface area contributed by atoms with Gasteiger partial charge in [0.2, 0.25) is 11.6 Å². The second-order valence-corrected chi connectivity index (χ2v) is 8.24. The number of benzene rings is 1. The predicted molar refractivity (Wildman–Crippen MR) is 84.6 cm³/mol. The lowest BCUT2D eigenvalue weighted by molar-refractivity contribution is -0.390. The van der Waals surface area contributed by atoms with Gasteiger partial charge in [-0.05, 0) is 0 Å². The fourth-order valence-electron chi connectivity index (χ4n) is 5.34. The molecule has 4 aliphatic rings. The van der Waals surface area contributed by atoms with Gasteiger partial charge >= 0.3 is 5.69 Å². The van der Waals surface area contributed by atoms with Crippen LogP contribution in [0.15, 0.2) is 0 Å². The van der Waals surface area contributed by atoms with E-state index in [1.54, 1.807) is 0 Å². The molecule has 0 aliphatic carbocycles. The molecule has 4 aliphatic heterocycles. The zero-order valence-corrected chi connectivity index (χ0v) is 14.3. The van der Waals surface area contributed by atoms with Crippen molar-refractivity contribution in [1.82, 2.24) is 9.80 Å². The Kier molecular flexibility index (Phi) is 3.55. The molecule has 4 saturated heterocycles. The van der Waals surface area contributed by atoms with Crippen molar-refractivity contribution >= 4 is 11.4 Å². The van der Waals surface area contributed by atoms with E-state index in [9.17, 15) is 27.7 Å². The van der Waals surface area contributed by atoms with Crippen molar-refractivity contribution in [2.75, 3.05) is 38.2 Å². The Hall–Kier alpha value is -1.94. The maximum Gasteiger partial charge on any atom is 0.346 e. The largest absolute Gasteiger partial charge is 0.376 e. The molecule has 1 N–H and O–H groups in total. The van der Waals surface area contributed by atoms with Crippen LogP contribution in [0.5, 0.6) is 0 Å². The van der Waals surface area contributed by atoms with Crippen molar-refractivity contribution in [3.8, 4) is 0 Å². The molecule has 0 aromatic heterocycles. The lowest BCUT2D eigenvalue weighted by Gasteiger charge is -2.67. The topological polar surface area (TPSA) is 61.6 Å². The molecular formula is C16H18F4N4O2. The van der Waals surface area contributed by atoms with Gasteiger partial charge in [-0.1, -0.05) is 13.8 Å². The molecule has 5 rings (SSSR count). The molecule has 0 radical (unpaired) electrons. The van der Waals surface area contributed by atoms with Gasteiger partial charge in [-0.3, -0.25) is 19.9 Å². The molecule has 26 heavy (non-hydrogen) atoms. The summed E-state index contributed by atoms with van der Waals surface area (Å²) in [7, 11) is 0. The van der Waals surface area contributed by atoms with Gasteiger partial charge in [-0.15, -0.1) is 0 Å². The fraction of sp³-hybridized carbons (Fsp3) is 0.625. The zero-order chi connectivity index (χ0) is 19.0. The monoisotopic (exact) mass is 374 g/mol. The minimum Gasteiger partial charge on any atom is -0.376 e. The van der Waals surface area contributed by atoms with Gasteiger partial charge in [0.15, 0.2) is 11.6 Å². The Bertz CT molecular complexity index is 753. The summed E-state index contributed by atoms with van der Waals surface area (Å²) in [6.45, 7) is 7.54. The van der Waals surface area contributed by atoms with Crippen LogP contribution >= 0.6 is 0 Å². The average Bonchev–Trinajstić information content (AvgIpc) is 2.50. The number of nitro groups is 1. The summed E-state index contributed by atoms with van der Waals surface area (Å²) in [5.41, 5.74) is -3.55. The van der Waals surface area contributed by atoms with Crippen LogP contribution in [0.3, 0.4) is 0 Å². The number of rotatable bonds is 3. The van der Waals surface area contributed by atoms with Gasteiger partial charge in [0.25, 0.3) is 0 Å². The summed E-state index contributed by atoms with van der Waals surface area (Å²) >= 11 is 0. The number of nitrogens with zero attached hydrogens (tertiary/aromatic N) is 3. The van der Waals surface area contributed by atoms with Gasteiger partial charge in [-0.2, -0.15) is 8.78 Å². The Morgan fingerprint density at radius 1 is 0.962 bits per heavy atom. The normalized spacial score (nSPS) is 37.8. The van der Waals surface area contributed by atoms with Crippen LogP contribution < -0.4 is 5.32 Å². The number of anilines is 1. The second kappa shape index (κ2) is 5.29. The molecule has 4 heterocycles. The Balaban J connectivity index is 1.77. The molecule has 0 unspecified atom stereocenters. The molecule has 1 aromatic rings. The van der Waals surface area contributed by atoms with Crippen LogP contribution in [-0.2, 0) is 0 Å². The van der Waals surface area contributed by atoms with Crippen LogP contribution in [0.25, 0.3) is 0 Å². The van der Waals surface area contributed by atoms with Crippen molar-refractivity contribution in [2.45, 2.75) is 19.9 Å². The van der Waals surface area contributed by atoms with Crippen molar-refractivity contribution in [2.24, 2.45) is 10.8 Å². The fourth-order valence-corrected chi connectivity index (χ4v) is 5.34. The number of piperidine rings is 2. The third-order valence-corrected chi connectivity index (χ3v) is 5.84. The van der Waals surface area contributed by atoms with Crippen molar-refractivity contribution in [3.05, 3.63) is 33.4 Å². The van der Waals surface area contributed by atoms with Crippen molar-refractivity contribution in [3.63, 3.8) is 0 Å². The molecular weight excluding hydrogens is 356 g/mol. The smallest absolute Gasteiger partial charge is 0.346 e. The Morgan fingerprint density at radius 3 is 1.77 bits per heavy atom. The first-order valence-electron chi connectivity index (χ1n) is 8.27. The summed E-state index contributed by atoms with van der Waals surface area (Å²) in [5.74, 6) is -7.53. The van der Waals surface area contributed by atoms with E-state index in [1.165, 1.54) is 0 Å². The van der Waals surface area contributed by atoms with E-state index < -0.39 is 45.6 Å². The molecule has 0 atom stereocenters. The molecule has 142 valence electrons. The molecule has 0 saturated carbocycles. The molecule has 6 nitrogen and oxygen atoms in total. The third kappa shape index (κ3) is 2.24. The average molecular weight is 374 g/mol. The predicted octanol–water partition coefficient (Wildman–Crippen LogP) is 2.55. The molecule has 0 spiro atoms. The summed E-state index contributed by atoms with van der Waals surface area (Å²) in [4.78, 5) is 13.7. The van der Waals surface area contributed by atoms with Gasteiger partial charge in [0, 0.05) is 43.1 Å². The van der Waals surface area contributed by atoms with Crippen LogP contribution in [0.1, 0.15) is 13.8 Å². The highest BCUT2D eigenvalue weighted by atomic mass is 19.2. The number of nitro benzene ring substituents is 1. The van der Waals surface area contributed by atoms with Gasteiger partial charge in [-0.25, -0.2) is 8.78 Å². The minimum atomic E-state index is -2.00. The Morgan fingerprint density at radius 2 is 1.38 bits per heavy atom. The maximum atomic E-state index is 14.4. The number of halogens is 4. The quantitative estimate of drug-likeness (QED) is 0.381. The van der Waals surface area contributed by atoms with Crippen LogP contribution in [-0.4, -0.2) is 53.6 Å². The van der Waals surface area contributed by atoms with Crippen molar-refractivity contribution in [1.29, 1.82) is 0 Å². The molecule has 0 amide bonds. The standard InChI is InChI=1S/C16H18F4N4O2/c1-15-3-22-5-16(2,6-23(4-15)7-22)14(15)21-12-8(17)10(19)13(24(25)26)11(20)9(12)18/h14,21H,3-7H2,1-2H3. The lowest BCUT2D eigenvalue weighted by atomic mass is 9.60. The van der Waals surface area contributed by atoms with Crippen LogP contribution in [0.4, 0.5) is 28.9 Å². The van der Waals surface area contributed by atoms with E-state index in [2.05, 4.69) is 15.1 Å². The van der Waals surface area contributed by atoms with Crippen molar-refractivity contribution < 1.29 is 22.5 Å². The highest BCUT2D eigenvalue weighted by Crippen LogP contribution is 2.50. The molecule has 4 fully saturated rings. The Labute approximate surface area is 146 Å². The second-order valence-electron chi connectivity index (χ2n) is 8.24. The maximum absolute atomic E-state index is 14.4. The number of hydrogen-bond donors (Lipinski definition) is 1. The molecule has 10 heteroatoms. The SMILES string of the molecule is CC12CN3CN(C1)CC(C)(C3)C2Nc1c(F)c(F)c([N+](=O)[O-])c(F)c1F. The van der Waals surface area contributed by atoms with E-state index >= 15 is 0 Å². The molecule has 4 bridgehead atoms. The number of nitrogens with one attached hydrogen (secondary N) is 1. The summed E-state index contributed by atoms with van der Waals surface area (Å²) in [6.07, 6.45) is 0. The van der Waals surface area contributed by atoms with E-state index in [4.69, 9.17) is 0 Å². The first-order valence-corrected chi connectivity index (χ1v) is 8.27. The summed E-state index contributed by atoms with van der Waals surface area (Å²) < 4.78 is 56.7.